The number of aromatic nitrogens is 2. The molecule has 2 heterocycles. The minimum Gasteiger partial charge on any atom is -0.383 e. The van der Waals surface area contributed by atoms with Crippen LogP contribution in [0.5, 0.6) is 0 Å². The summed E-state index contributed by atoms with van der Waals surface area (Å²) >= 11 is 6.56. The summed E-state index contributed by atoms with van der Waals surface area (Å²) in [7, 11) is 0. The van der Waals surface area contributed by atoms with Crippen molar-refractivity contribution in [3.05, 3.63) is 71.7 Å². The van der Waals surface area contributed by atoms with Crippen molar-refractivity contribution in [1.29, 1.82) is 0 Å². The Morgan fingerprint density at radius 2 is 2.04 bits per heavy atom. The third-order valence-corrected chi connectivity index (χ3v) is 4.69. The van der Waals surface area contributed by atoms with Gasteiger partial charge in [-0.3, -0.25) is 4.68 Å². The molecular formula is C20H19ClN4. The number of fused-ring (bicyclic) bond motifs is 2. The smallest absolute Gasteiger partial charge is 0.0690 e. The molecule has 0 amide bonds. The maximum absolute atomic E-state index is 6.56. The van der Waals surface area contributed by atoms with Crippen LogP contribution in [0.15, 0.2) is 60.9 Å². The predicted molar refractivity (Wildman–Crippen MR) is 106 cm³/mol. The van der Waals surface area contributed by atoms with Crippen LogP contribution < -0.4 is 11.2 Å². The zero-order valence-corrected chi connectivity index (χ0v) is 14.7. The molecule has 0 aliphatic rings. The van der Waals surface area contributed by atoms with Gasteiger partial charge in [0.25, 0.3) is 0 Å². The summed E-state index contributed by atoms with van der Waals surface area (Å²) in [5.74, 6) is 5.90. The Morgan fingerprint density at radius 1 is 1.20 bits per heavy atom. The quantitative estimate of drug-likeness (QED) is 0.464. The molecule has 2 aromatic carbocycles. The van der Waals surface area contributed by atoms with Crippen molar-refractivity contribution in [1.82, 2.24) is 15.0 Å². The molecule has 0 saturated heterocycles. The SMILES string of the molecule is C=C(C)NCc1cc2cc(Cl)c(-c3ccc4c(ccn4N)c3)cc2[nH]1. The molecule has 0 fully saturated rings. The first-order chi connectivity index (χ1) is 12.0. The summed E-state index contributed by atoms with van der Waals surface area (Å²) in [5, 5.41) is 6.16. The molecule has 0 atom stereocenters. The highest BCUT2D eigenvalue weighted by Gasteiger charge is 2.10. The topological polar surface area (TPSA) is 58.8 Å². The first-order valence-electron chi connectivity index (χ1n) is 8.08. The van der Waals surface area contributed by atoms with Gasteiger partial charge in [0, 0.05) is 44.5 Å². The number of rotatable bonds is 4. The number of H-pyrrole nitrogens is 1. The largest absolute Gasteiger partial charge is 0.383 e. The second-order valence-electron chi connectivity index (χ2n) is 6.34. The average molecular weight is 351 g/mol. The van der Waals surface area contributed by atoms with Gasteiger partial charge in [-0.15, -0.1) is 0 Å². The van der Waals surface area contributed by atoms with Gasteiger partial charge in [-0.1, -0.05) is 24.2 Å². The fourth-order valence-corrected chi connectivity index (χ4v) is 3.39. The first-order valence-corrected chi connectivity index (χ1v) is 8.46. The van der Waals surface area contributed by atoms with Crippen LogP contribution in [0.1, 0.15) is 12.6 Å². The summed E-state index contributed by atoms with van der Waals surface area (Å²) in [4.78, 5) is 3.44. The summed E-state index contributed by atoms with van der Waals surface area (Å²) in [6, 6.07) is 14.4. The Morgan fingerprint density at radius 3 is 2.84 bits per heavy atom. The molecule has 25 heavy (non-hydrogen) atoms. The van der Waals surface area contributed by atoms with E-state index in [2.05, 4.69) is 35.1 Å². The third-order valence-electron chi connectivity index (χ3n) is 4.38. The average Bonchev–Trinajstić information content (AvgIpc) is 3.15. The van der Waals surface area contributed by atoms with E-state index in [1.54, 1.807) is 4.68 Å². The van der Waals surface area contributed by atoms with Gasteiger partial charge in [0.15, 0.2) is 0 Å². The predicted octanol–water partition coefficient (Wildman–Crippen LogP) is 4.78. The minimum absolute atomic E-state index is 0.715. The van der Waals surface area contributed by atoms with Crippen molar-refractivity contribution in [2.75, 3.05) is 5.84 Å². The van der Waals surface area contributed by atoms with Gasteiger partial charge in [-0.2, -0.15) is 0 Å². The Labute approximate surface area is 150 Å². The first kappa shape index (κ1) is 15.7. The van der Waals surface area contributed by atoms with E-state index in [1.807, 2.05) is 37.4 Å². The Hall–Kier alpha value is -2.85. The van der Waals surface area contributed by atoms with Crippen molar-refractivity contribution < 1.29 is 0 Å². The van der Waals surface area contributed by atoms with Crippen LogP contribution >= 0.6 is 11.6 Å². The van der Waals surface area contributed by atoms with E-state index in [0.717, 1.165) is 49.3 Å². The van der Waals surface area contributed by atoms with Gasteiger partial charge in [0.1, 0.15) is 0 Å². The Balaban J connectivity index is 1.77. The van der Waals surface area contributed by atoms with Gasteiger partial charge in [-0.05, 0) is 48.9 Å². The van der Waals surface area contributed by atoms with E-state index in [0.29, 0.717) is 6.54 Å². The molecule has 0 radical (unpaired) electrons. The number of nitrogens with one attached hydrogen (secondary N) is 2. The van der Waals surface area contributed by atoms with E-state index in [1.165, 1.54) is 0 Å². The van der Waals surface area contributed by atoms with Crippen LogP contribution in [0.4, 0.5) is 0 Å². The van der Waals surface area contributed by atoms with Crippen molar-refractivity contribution >= 4 is 33.4 Å². The molecule has 126 valence electrons. The van der Waals surface area contributed by atoms with Crippen molar-refractivity contribution in [2.45, 2.75) is 13.5 Å². The molecule has 5 heteroatoms. The molecule has 0 bridgehead atoms. The molecule has 0 aliphatic heterocycles. The number of allylic oxidation sites excluding steroid dienone is 1. The molecule has 0 saturated carbocycles. The molecule has 4 N–H and O–H groups in total. The number of benzene rings is 2. The molecule has 0 unspecified atom stereocenters. The van der Waals surface area contributed by atoms with Crippen LogP contribution in [0.3, 0.4) is 0 Å². The number of halogens is 1. The van der Waals surface area contributed by atoms with E-state index in [4.69, 9.17) is 17.4 Å². The fraction of sp³-hybridized carbons (Fsp3) is 0.100. The molecule has 4 rings (SSSR count). The van der Waals surface area contributed by atoms with Gasteiger partial charge >= 0.3 is 0 Å². The number of nitrogens with zero attached hydrogens (tertiary/aromatic N) is 1. The van der Waals surface area contributed by atoms with Crippen molar-refractivity contribution in [3.8, 4) is 11.1 Å². The van der Waals surface area contributed by atoms with E-state index in [9.17, 15) is 0 Å². The normalized spacial score (nSPS) is 11.3. The van der Waals surface area contributed by atoms with E-state index in [-0.39, 0.29) is 0 Å². The number of nitrogen functional groups attached to an aromatic ring is 1. The lowest BCUT2D eigenvalue weighted by atomic mass is 10.0. The molecular weight excluding hydrogens is 332 g/mol. The maximum Gasteiger partial charge on any atom is 0.0690 e. The van der Waals surface area contributed by atoms with Crippen LogP contribution in [-0.4, -0.2) is 9.66 Å². The number of hydrogen-bond acceptors (Lipinski definition) is 2. The van der Waals surface area contributed by atoms with Gasteiger partial charge in [-0.25, -0.2) is 0 Å². The zero-order valence-electron chi connectivity index (χ0n) is 13.9. The van der Waals surface area contributed by atoms with Crippen molar-refractivity contribution in [2.24, 2.45) is 0 Å². The summed E-state index contributed by atoms with van der Waals surface area (Å²) in [6.45, 7) is 6.52. The fourth-order valence-electron chi connectivity index (χ4n) is 3.11. The molecule has 4 nitrogen and oxygen atoms in total. The maximum atomic E-state index is 6.56. The molecule has 2 aromatic heterocycles. The summed E-state index contributed by atoms with van der Waals surface area (Å²) in [5.41, 5.74) is 6.17. The van der Waals surface area contributed by atoms with Crippen LogP contribution in [0.25, 0.3) is 32.9 Å². The second-order valence-corrected chi connectivity index (χ2v) is 6.75. The highest BCUT2D eigenvalue weighted by molar-refractivity contribution is 6.34. The highest BCUT2D eigenvalue weighted by atomic mass is 35.5. The zero-order chi connectivity index (χ0) is 17.6. The molecule has 4 aromatic rings. The van der Waals surface area contributed by atoms with Crippen LogP contribution in [0, 0.1) is 0 Å². The number of aromatic amines is 1. The van der Waals surface area contributed by atoms with Gasteiger partial charge in [0.2, 0.25) is 0 Å². The highest BCUT2D eigenvalue weighted by Crippen LogP contribution is 2.34. The van der Waals surface area contributed by atoms with Gasteiger partial charge in [0.05, 0.1) is 12.1 Å². The van der Waals surface area contributed by atoms with E-state index < -0.39 is 0 Å². The second kappa shape index (κ2) is 5.90. The third kappa shape index (κ3) is 2.85. The standard InChI is InChI=1S/C20H19ClN4/c1-12(2)23-11-16-8-15-9-18(21)17(10-19(15)24-16)13-3-4-20-14(7-13)5-6-25(20)22/h3-10,23-24H,1,11,22H2,2H3. The lowest BCUT2D eigenvalue weighted by molar-refractivity contribution is 0.798. The van der Waals surface area contributed by atoms with E-state index >= 15 is 0 Å². The van der Waals surface area contributed by atoms with Crippen LogP contribution in [-0.2, 0) is 6.54 Å². The number of hydrogen-bond donors (Lipinski definition) is 3. The number of nitrogens with two attached hydrogens (primary N) is 1. The lowest BCUT2D eigenvalue weighted by Gasteiger charge is -2.06. The summed E-state index contributed by atoms with van der Waals surface area (Å²) in [6.07, 6.45) is 1.85. The Kier molecular flexibility index (Phi) is 3.70. The monoisotopic (exact) mass is 350 g/mol. The van der Waals surface area contributed by atoms with Crippen LogP contribution in [0.2, 0.25) is 5.02 Å². The van der Waals surface area contributed by atoms with Gasteiger partial charge < -0.3 is 16.1 Å². The minimum atomic E-state index is 0.715. The molecule has 0 spiro atoms. The summed E-state index contributed by atoms with van der Waals surface area (Å²) < 4.78 is 1.62. The molecule has 0 aliphatic carbocycles. The Bertz CT molecular complexity index is 1100. The lowest BCUT2D eigenvalue weighted by Crippen LogP contribution is -2.09. The van der Waals surface area contributed by atoms with Crippen molar-refractivity contribution in [3.63, 3.8) is 0 Å².